The van der Waals surface area contributed by atoms with Crippen molar-refractivity contribution in [1.82, 2.24) is 10.2 Å². The molecule has 2 aliphatic rings. The number of aryl methyl sites for hydroxylation is 1. The number of benzene rings is 3. The van der Waals surface area contributed by atoms with Crippen LogP contribution in [0.25, 0.3) is 16.7 Å². The number of nitrogens with one attached hydrogen (secondary N) is 1. The second-order valence-corrected chi connectivity index (χ2v) is 13.3. The summed E-state index contributed by atoms with van der Waals surface area (Å²) in [6, 6.07) is 13.6. The molecule has 43 heavy (non-hydrogen) atoms. The fourth-order valence-corrected chi connectivity index (χ4v) is 6.57. The van der Waals surface area contributed by atoms with Crippen LogP contribution in [0.1, 0.15) is 29.5 Å². The number of piperidine rings is 1. The number of rotatable bonds is 7. The predicted molar refractivity (Wildman–Crippen MR) is 159 cm³/mol. The highest BCUT2D eigenvalue weighted by atomic mass is 35.5. The number of sulfone groups is 1. The van der Waals surface area contributed by atoms with Crippen molar-refractivity contribution in [3.63, 3.8) is 0 Å². The van der Waals surface area contributed by atoms with E-state index >= 15 is 0 Å². The van der Waals surface area contributed by atoms with E-state index in [1.807, 2.05) is 4.90 Å². The summed E-state index contributed by atoms with van der Waals surface area (Å²) in [7, 11) is -3.43. The molecule has 0 aromatic heterocycles. The van der Waals surface area contributed by atoms with Crippen molar-refractivity contribution in [3.05, 3.63) is 93.6 Å². The molecule has 0 bridgehead atoms. The summed E-state index contributed by atoms with van der Waals surface area (Å²) < 4.78 is 57.4. The zero-order valence-corrected chi connectivity index (χ0v) is 25.1. The van der Waals surface area contributed by atoms with Gasteiger partial charge in [0.1, 0.15) is 0 Å². The topological polar surface area (TPSA) is 119 Å². The molecule has 1 amide bonds. The van der Waals surface area contributed by atoms with Gasteiger partial charge in [0.2, 0.25) is 5.91 Å². The Kier molecular flexibility index (Phi) is 8.34. The van der Waals surface area contributed by atoms with Crippen molar-refractivity contribution in [2.75, 3.05) is 25.9 Å². The molecule has 12 heteroatoms. The van der Waals surface area contributed by atoms with Gasteiger partial charge in [-0.25, -0.2) is 22.0 Å². The van der Waals surface area contributed by atoms with E-state index in [0.717, 1.165) is 12.3 Å². The van der Waals surface area contributed by atoms with Crippen molar-refractivity contribution in [1.29, 1.82) is 0 Å². The fourth-order valence-electron chi connectivity index (χ4n) is 5.63. The number of hydrogen-bond donors (Lipinski definition) is 2. The summed E-state index contributed by atoms with van der Waals surface area (Å²) in [5, 5.41) is 2.91. The van der Waals surface area contributed by atoms with Crippen LogP contribution < -0.4 is 11.1 Å². The van der Waals surface area contributed by atoms with Crippen LogP contribution in [0.5, 0.6) is 0 Å². The first-order valence-corrected chi connectivity index (χ1v) is 15.8. The molecule has 1 unspecified atom stereocenters. The van der Waals surface area contributed by atoms with Gasteiger partial charge in [0.25, 0.3) is 0 Å². The average molecular weight is 630 g/mol. The summed E-state index contributed by atoms with van der Waals surface area (Å²) in [6.07, 6.45) is 2.19. The van der Waals surface area contributed by atoms with Gasteiger partial charge in [-0.05, 0) is 73.3 Å². The number of hydrogen-bond acceptors (Lipinski definition) is 7. The van der Waals surface area contributed by atoms with E-state index in [4.69, 9.17) is 22.1 Å². The van der Waals surface area contributed by atoms with Crippen molar-refractivity contribution >= 4 is 38.9 Å². The average Bonchev–Trinajstić information content (AvgIpc) is 3.18. The van der Waals surface area contributed by atoms with Crippen molar-refractivity contribution < 1.29 is 31.5 Å². The van der Waals surface area contributed by atoms with Crippen LogP contribution in [-0.2, 0) is 30.7 Å². The van der Waals surface area contributed by atoms with Crippen molar-refractivity contribution in [2.24, 2.45) is 5.73 Å². The Bertz CT molecular complexity index is 1780. The Morgan fingerprint density at radius 2 is 1.88 bits per heavy atom. The molecular weight excluding hydrogens is 600 g/mol. The van der Waals surface area contributed by atoms with Crippen LogP contribution in [0.4, 0.5) is 8.78 Å². The quantitative estimate of drug-likeness (QED) is 0.373. The molecule has 2 heterocycles. The third kappa shape index (κ3) is 6.15. The zero-order valence-electron chi connectivity index (χ0n) is 23.5. The standard InChI is InChI=1S/C31H30ClF2N3O5S/c1-18-12-23(19-6-3-8-21(13-19)43(2,40)41)24(32)14-22(18)27-29(35)31(42-30(27)39)10-5-11-37(17-31)16-26(38)36-15-20-7-4-9-25(33)28(20)34/h3-4,6-9,12-14H,5,10-11,15-17,35H2,1-2H3,(H,36,38). The van der Waals surface area contributed by atoms with Crippen LogP contribution in [0, 0.1) is 18.6 Å². The van der Waals surface area contributed by atoms with Gasteiger partial charge in [0.05, 0.1) is 22.7 Å². The van der Waals surface area contributed by atoms with Gasteiger partial charge in [-0.1, -0.05) is 35.9 Å². The minimum Gasteiger partial charge on any atom is -0.448 e. The summed E-state index contributed by atoms with van der Waals surface area (Å²) >= 11 is 6.66. The maximum atomic E-state index is 14.0. The zero-order chi connectivity index (χ0) is 31.1. The first-order valence-electron chi connectivity index (χ1n) is 13.6. The largest absolute Gasteiger partial charge is 0.448 e. The highest BCUT2D eigenvalue weighted by molar-refractivity contribution is 7.90. The molecule has 3 aromatic carbocycles. The van der Waals surface area contributed by atoms with Crippen LogP contribution in [0.2, 0.25) is 5.02 Å². The lowest BCUT2D eigenvalue weighted by Crippen LogP contribution is -2.53. The minimum absolute atomic E-state index is 0.0353. The molecule has 3 N–H and O–H groups in total. The lowest BCUT2D eigenvalue weighted by molar-refractivity contribution is -0.149. The molecule has 1 atom stereocenters. The number of carbonyl (C=O) groups is 2. The third-order valence-electron chi connectivity index (χ3n) is 7.82. The molecule has 5 rings (SSSR count). The van der Waals surface area contributed by atoms with Crippen LogP contribution in [0.15, 0.2) is 65.2 Å². The number of halogens is 3. The van der Waals surface area contributed by atoms with E-state index in [2.05, 4.69) is 5.32 Å². The predicted octanol–water partition coefficient (Wildman–Crippen LogP) is 4.37. The van der Waals surface area contributed by atoms with E-state index in [1.54, 1.807) is 37.3 Å². The van der Waals surface area contributed by atoms with Gasteiger partial charge < -0.3 is 15.8 Å². The molecule has 1 saturated heterocycles. The van der Waals surface area contributed by atoms with Gasteiger partial charge in [-0.3, -0.25) is 9.69 Å². The maximum Gasteiger partial charge on any atom is 0.341 e. The summed E-state index contributed by atoms with van der Waals surface area (Å²) in [5.41, 5.74) is 8.36. The third-order valence-corrected chi connectivity index (χ3v) is 9.24. The van der Waals surface area contributed by atoms with E-state index in [0.29, 0.717) is 46.7 Å². The van der Waals surface area contributed by atoms with E-state index in [-0.39, 0.29) is 41.4 Å². The van der Waals surface area contributed by atoms with Gasteiger partial charge in [-0.15, -0.1) is 0 Å². The molecule has 0 saturated carbocycles. The second kappa shape index (κ2) is 11.7. The summed E-state index contributed by atoms with van der Waals surface area (Å²) in [6.45, 7) is 2.31. The first kappa shape index (κ1) is 30.7. The highest BCUT2D eigenvalue weighted by Gasteiger charge is 2.49. The van der Waals surface area contributed by atoms with E-state index in [9.17, 15) is 26.8 Å². The van der Waals surface area contributed by atoms with Gasteiger partial charge >= 0.3 is 5.97 Å². The van der Waals surface area contributed by atoms with Gasteiger partial charge in [-0.2, -0.15) is 0 Å². The molecular formula is C31H30ClF2N3O5S. The molecule has 8 nitrogen and oxygen atoms in total. The molecule has 0 aliphatic carbocycles. The lowest BCUT2D eigenvalue weighted by Gasteiger charge is -2.39. The molecule has 226 valence electrons. The Morgan fingerprint density at radius 1 is 1.14 bits per heavy atom. The number of amides is 1. The van der Waals surface area contributed by atoms with Crippen LogP contribution in [-0.4, -0.2) is 56.7 Å². The molecule has 3 aromatic rings. The number of carbonyl (C=O) groups excluding carboxylic acids is 2. The first-order chi connectivity index (χ1) is 20.3. The Hall–Kier alpha value is -3.80. The second-order valence-electron chi connectivity index (χ2n) is 10.9. The molecule has 1 spiro atoms. The Labute approximate surface area is 253 Å². The minimum atomic E-state index is -3.43. The molecule has 0 radical (unpaired) electrons. The highest BCUT2D eigenvalue weighted by Crippen LogP contribution is 2.43. The number of nitrogens with two attached hydrogens (primary N) is 1. The van der Waals surface area contributed by atoms with E-state index in [1.165, 1.54) is 18.2 Å². The van der Waals surface area contributed by atoms with Crippen molar-refractivity contribution in [3.8, 4) is 11.1 Å². The maximum absolute atomic E-state index is 14.0. The van der Waals surface area contributed by atoms with E-state index < -0.39 is 38.9 Å². The number of likely N-dealkylation sites (tertiary alicyclic amines) is 1. The van der Waals surface area contributed by atoms with Gasteiger partial charge in [0, 0.05) is 35.5 Å². The van der Waals surface area contributed by atoms with Crippen LogP contribution >= 0.6 is 11.6 Å². The lowest BCUT2D eigenvalue weighted by atomic mass is 9.86. The van der Waals surface area contributed by atoms with Crippen LogP contribution in [0.3, 0.4) is 0 Å². The summed E-state index contributed by atoms with van der Waals surface area (Å²) in [4.78, 5) is 27.9. The fraction of sp³-hybridized carbons (Fsp3) is 0.290. The number of nitrogens with zero attached hydrogens (tertiary/aromatic N) is 1. The smallest absolute Gasteiger partial charge is 0.341 e. The SMILES string of the molecule is Cc1cc(-c2cccc(S(C)(=O)=O)c2)c(Cl)cc1C1=C(N)C2(CCCN(CC(=O)NCc3cccc(F)c3F)C2)OC1=O. The molecule has 2 aliphatic heterocycles. The number of esters is 1. The molecule has 1 fully saturated rings. The Balaban J connectivity index is 1.36. The summed E-state index contributed by atoms with van der Waals surface area (Å²) in [5.74, 6) is -2.99. The van der Waals surface area contributed by atoms with Crippen molar-refractivity contribution in [2.45, 2.75) is 36.8 Å². The normalized spacial score (nSPS) is 19.1. The Morgan fingerprint density at radius 3 is 2.63 bits per heavy atom. The van der Waals surface area contributed by atoms with Gasteiger partial charge in [0.15, 0.2) is 27.1 Å². The monoisotopic (exact) mass is 629 g/mol. The number of ether oxygens (including phenoxy) is 1.